The molecule has 0 saturated heterocycles. The summed E-state index contributed by atoms with van der Waals surface area (Å²) in [5.74, 6) is -0.140. The molecule has 0 heterocycles. The van der Waals surface area contributed by atoms with Crippen molar-refractivity contribution in [3.63, 3.8) is 0 Å². The molecule has 0 fully saturated rings. The summed E-state index contributed by atoms with van der Waals surface area (Å²) in [5, 5.41) is 8.89. The predicted octanol–water partition coefficient (Wildman–Crippen LogP) is 2.76. The molecule has 0 aliphatic rings. The summed E-state index contributed by atoms with van der Waals surface area (Å²) < 4.78 is 10.3. The number of nitrogens with two attached hydrogens (primary N) is 1. The molecular formula is C15H20N2O3. The van der Waals surface area contributed by atoms with E-state index in [2.05, 4.69) is 6.07 Å². The van der Waals surface area contributed by atoms with Crippen molar-refractivity contribution in [1.29, 1.82) is 5.26 Å². The van der Waals surface area contributed by atoms with E-state index in [-0.39, 0.29) is 6.61 Å². The minimum absolute atomic E-state index is 0.266. The maximum absolute atomic E-state index is 11.9. The van der Waals surface area contributed by atoms with Crippen molar-refractivity contribution in [1.82, 2.24) is 0 Å². The Balaban J connectivity index is 2.57. The first-order valence-electron chi connectivity index (χ1n) is 6.42. The first-order valence-corrected chi connectivity index (χ1v) is 6.42. The first-order chi connectivity index (χ1) is 9.41. The lowest BCUT2D eigenvalue weighted by atomic mass is 9.90. The van der Waals surface area contributed by atoms with Crippen molar-refractivity contribution >= 4 is 11.7 Å². The molecule has 0 aliphatic heterocycles. The largest absolute Gasteiger partial charge is 0.494 e. The van der Waals surface area contributed by atoms with Gasteiger partial charge in [0.15, 0.2) is 5.75 Å². The number of nitrogen functional groups attached to an aromatic ring is 1. The minimum atomic E-state index is -0.469. The molecule has 0 unspecified atom stereocenters. The van der Waals surface area contributed by atoms with Gasteiger partial charge in [-0.3, -0.25) is 0 Å². The van der Waals surface area contributed by atoms with Gasteiger partial charge in [-0.2, -0.15) is 5.26 Å². The highest BCUT2D eigenvalue weighted by molar-refractivity contribution is 5.94. The zero-order chi connectivity index (χ0) is 15.2. The Morgan fingerprint density at radius 2 is 2.15 bits per heavy atom. The Morgan fingerprint density at radius 3 is 2.75 bits per heavy atom. The number of rotatable bonds is 6. The molecule has 5 nitrogen and oxygen atoms in total. The highest BCUT2D eigenvalue weighted by Crippen LogP contribution is 2.26. The van der Waals surface area contributed by atoms with Crippen molar-refractivity contribution in [2.24, 2.45) is 5.41 Å². The Bertz CT molecular complexity index is 518. The molecule has 0 amide bonds. The summed E-state index contributed by atoms with van der Waals surface area (Å²) in [6.07, 6.45) is 1.31. The smallest absolute Gasteiger partial charge is 0.342 e. The monoisotopic (exact) mass is 276 g/mol. The molecular weight excluding hydrogens is 256 g/mol. The van der Waals surface area contributed by atoms with Gasteiger partial charge in [-0.05, 0) is 38.8 Å². The SMILES string of the molecule is COc1c(N)cccc1C(=O)OCCCC(C)(C)C#N. The normalized spacial score (nSPS) is 10.7. The van der Waals surface area contributed by atoms with Gasteiger partial charge in [0.2, 0.25) is 0 Å². The van der Waals surface area contributed by atoms with Crippen LogP contribution in [-0.2, 0) is 4.74 Å². The van der Waals surface area contributed by atoms with Crippen LogP contribution in [0.2, 0.25) is 0 Å². The predicted molar refractivity (Wildman–Crippen MR) is 76.3 cm³/mol. The molecule has 0 aliphatic carbocycles. The van der Waals surface area contributed by atoms with Crippen molar-refractivity contribution in [3.8, 4) is 11.8 Å². The maximum Gasteiger partial charge on any atom is 0.342 e. The highest BCUT2D eigenvalue weighted by atomic mass is 16.5. The number of hydrogen-bond acceptors (Lipinski definition) is 5. The third-order valence-corrected chi connectivity index (χ3v) is 2.95. The standard InChI is InChI=1S/C15H20N2O3/c1-15(2,10-16)8-5-9-20-14(18)11-6-4-7-12(17)13(11)19-3/h4,6-7H,5,8-9,17H2,1-3H3. The first kappa shape index (κ1) is 15.8. The molecule has 5 heteroatoms. The number of ether oxygens (including phenoxy) is 2. The summed E-state index contributed by atoms with van der Waals surface area (Å²) in [6.45, 7) is 3.98. The molecule has 20 heavy (non-hydrogen) atoms. The highest BCUT2D eigenvalue weighted by Gasteiger charge is 2.18. The second-order valence-electron chi connectivity index (χ2n) is 5.16. The van der Waals surface area contributed by atoms with Gasteiger partial charge in [-0.1, -0.05) is 6.07 Å². The number of esters is 1. The lowest BCUT2D eigenvalue weighted by molar-refractivity contribution is 0.0487. The quantitative estimate of drug-likeness (QED) is 0.490. The van der Waals surface area contributed by atoms with Crippen molar-refractivity contribution in [2.75, 3.05) is 19.5 Å². The molecule has 0 bridgehead atoms. The van der Waals surface area contributed by atoms with Gasteiger partial charge in [0.05, 0.1) is 30.9 Å². The Hall–Kier alpha value is -2.22. The van der Waals surface area contributed by atoms with Gasteiger partial charge >= 0.3 is 5.97 Å². The Morgan fingerprint density at radius 1 is 1.45 bits per heavy atom. The lowest BCUT2D eigenvalue weighted by Crippen LogP contribution is -2.12. The number of nitriles is 1. The average Bonchev–Trinajstić information content (AvgIpc) is 2.43. The van der Waals surface area contributed by atoms with Crippen molar-refractivity contribution < 1.29 is 14.3 Å². The van der Waals surface area contributed by atoms with Crippen LogP contribution >= 0.6 is 0 Å². The van der Waals surface area contributed by atoms with Crippen LogP contribution in [0.25, 0.3) is 0 Å². The average molecular weight is 276 g/mol. The number of hydrogen-bond donors (Lipinski definition) is 1. The minimum Gasteiger partial charge on any atom is -0.494 e. The summed E-state index contributed by atoms with van der Waals surface area (Å²) >= 11 is 0. The second-order valence-corrected chi connectivity index (χ2v) is 5.16. The number of carbonyl (C=O) groups is 1. The van der Waals surface area contributed by atoms with Crippen LogP contribution in [0.1, 0.15) is 37.0 Å². The van der Waals surface area contributed by atoms with E-state index in [0.717, 1.165) is 0 Å². The van der Waals surface area contributed by atoms with Gasteiger partial charge in [-0.15, -0.1) is 0 Å². The van der Waals surface area contributed by atoms with Gasteiger partial charge in [-0.25, -0.2) is 4.79 Å². The fourth-order valence-electron chi connectivity index (χ4n) is 1.76. The van der Waals surface area contributed by atoms with Crippen LogP contribution in [0, 0.1) is 16.7 Å². The number of carbonyl (C=O) groups excluding carboxylic acids is 1. The third kappa shape index (κ3) is 4.16. The van der Waals surface area contributed by atoms with E-state index >= 15 is 0 Å². The third-order valence-electron chi connectivity index (χ3n) is 2.95. The summed E-state index contributed by atoms with van der Waals surface area (Å²) in [5.41, 5.74) is 6.04. The fraction of sp³-hybridized carbons (Fsp3) is 0.467. The fourth-order valence-corrected chi connectivity index (χ4v) is 1.76. The Labute approximate surface area is 119 Å². The zero-order valence-corrected chi connectivity index (χ0v) is 12.1. The van der Waals surface area contributed by atoms with Gasteiger partial charge < -0.3 is 15.2 Å². The van der Waals surface area contributed by atoms with Crippen molar-refractivity contribution in [3.05, 3.63) is 23.8 Å². The van der Waals surface area contributed by atoms with E-state index in [1.807, 2.05) is 13.8 Å². The molecule has 0 atom stereocenters. The van der Waals surface area contributed by atoms with E-state index in [0.29, 0.717) is 29.8 Å². The maximum atomic E-state index is 11.9. The molecule has 0 radical (unpaired) electrons. The van der Waals surface area contributed by atoms with Crippen LogP contribution in [-0.4, -0.2) is 19.7 Å². The topological polar surface area (TPSA) is 85.3 Å². The molecule has 0 saturated carbocycles. The number of methoxy groups -OCH3 is 1. The molecule has 2 N–H and O–H groups in total. The lowest BCUT2D eigenvalue weighted by Gasteiger charge is -2.15. The van der Waals surface area contributed by atoms with Crippen LogP contribution in [0.4, 0.5) is 5.69 Å². The number of nitrogens with zero attached hydrogens (tertiary/aromatic N) is 1. The molecule has 1 aromatic carbocycles. The van der Waals surface area contributed by atoms with Gasteiger partial charge in [0.25, 0.3) is 0 Å². The van der Waals surface area contributed by atoms with E-state index in [1.165, 1.54) is 7.11 Å². The van der Waals surface area contributed by atoms with Crippen molar-refractivity contribution in [2.45, 2.75) is 26.7 Å². The van der Waals surface area contributed by atoms with E-state index in [9.17, 15) is 4.79 Å². The van der Waals surface area contributed by atoms with E-state index in [1.54, 1.807) is 18.2 Å². The zero-order valence-electron chi connectivity index (χ0n) is 12.1. The van der Waals surface area contributed by atoms with Gasteiger partial charge in [0.1, 0.15) is 5.56 Å². The number of benzene rings is 1. The van der Waals surface area contributed by atoms with Crippen LogP contribution in [0.5, 0.6) is 5.75 Å². The summed E-state index contributed by atoms with van der Waals surface area (Å²) in [7, 11) is 1.46. The number of anilines is 1. The van der Waals surface area contributed by atoms with Gasteiger partial charge in [0, 0.05) is 0 Å². The molecule has 1 aromatic rings. The summed E-state index contributed by atoms with van der Waals surface area (Å²) in [6, 6.07) is 7.15. The van der Waals surface area contributed by atoms with Crippen LogP contribution < -0.4 is 10.5 Å². The van der Waals surface area contributed by atoms with E-state index < -0.39 is 11.4 Å². The Kier molecular flexibility index (Phi) is 5.39. The number of para-hydroxylation sites is 1. The molecule has 1 rings (SSSR count). The second kappa shape index (κ2) is 6.80. The van der Waals surface area contributed by atoms with Crippen LogP contribution in [0.3, 0.4) is 0 Å². The molecule has 0 aromatic heterocycles. The molecule has 0 spiro atoms. The van der Waals surface area contributed by atoms with Crippen LogP contribution in [0.15, 0.2) is 18.2 Å². The molecule has 108 valence electrons. The van der Waals surface area contributed by atoms with E-state index in [4.69, 9.17) is 20.5 Å². The summed E-state index contributed by atoms with van der Waals surface area (Å²) in [4.78, 5) is 11.9.